The number of carbonyl (C=O) groups excluding carboxylic acids is 1. The van der Waals surface area contributed by atoms with Crippen molar-refractivity contribution in [2.24, 2.45) is 0 Å². The van der Waals surface area contributed by atoms with Crippen LogP contribution < -0.4 is 0 Å². The van der Waals surface area contributed by atoms with E-state index in [2.05, 4.69) is 0 Å². The van der Waals surface area contributed by atoms with Crippen LogP contribution in [-0.2, 0) is 9.59 Å². The van der Waals surface area contributed by atoms with Crippen molar-refractivity contribution in [3.8, 4) is 5.75 Å². The van der Waals surface area contributed by atoms with Crippen molar-refractivity contribution in [1.82, 2.24) is 0 Å². The van der Waals surface area contributed by atoms with Gasteiger partial charge in [0.05, 0.1) is 10.5 Å². The number of carboxylic acid groups (broad SMARTS) is 1. The van der Waals surface area contributed by atoms with Gasteiger partial charge in [-0.3, -0.25) is 14.9 Å². The molecule has 0 heterocycles. The lowest BCUT2D eigenvalue weighted by Crippen LogP contribution is -2.01. The van der Waals surface area contributed by atoms with Crippen LogP contribution in [0.2, 0.25) is 0 Å². The number of aromatic hydroxyl groups is 1. The number of nitro benzene ring substituents is 1. The lowest BCUT2D eigenvalue weighted by Gasteiger charge is -2.02. The molecular formula is C10H7NO6. The number of carbonyl (C=O) groups is 2. The van der Waals surface area contributed by atoms with Crippen molar-refractivity contribution in [3.05, 3.63) is 40.0 Å². The molecule has 17 heavy (non-hydrogen) atoms. The van der Waals surface area contributed by atoms with Crippen LogP contribution >= 0.6 is 0 Å². The van der Waals surface area contributed by atoms with Gasteiger partial charge in [-0.2, -0.15) is 0 Å². The fourth-order valence-corrected chi connectivity index (χ4v) is 1.20. The van der Waals surface area contributed by atoms with E-state index in [4.69, 9.17) is 5.11 Å². The second-order valence-electron chi connectivity index (χ2n) is 2.98. The molecule has 0 aromatic heterocycles. The van der Waals surface area contributed by atoms with Crippen molar-refractivity contribution in [2.45, 2.75) is 0 Å². The van der Waals surface area contributed by atoms with Crippen molar-refractivity contribution in [1.29, 1.82) is 0 Å². The third-order valence-corrected chi connectivity index (χ3v) is 1.95. The molecule has 0 saturated carbocycles. The largest absolute Gasteiger partial charge is 0.502 e. The third-order valence-electron chi connectivity index (χ3n) is 1.95. The number of hydrogen-bond donors (Lipinski definition) is 2. The van der Waals surface area contributed by atoms with E-state index in [1.165, 1.54) is 6.07 Å². The molecule has 2 N–H and O–H groups in total. The highest BCUT2D eigenvalue weighted by atomic mass is 16.6. The highest BCUT2D eigenvalue weighted by Gasteiger charge is 2.18. The number of rotatable bonds is 4. The van der Waals surface area contributed by atoms with Gasteiger partial charge >= 0.3 is 11.7 Å². The van der Waals surface area contributed by atoms with Gasteiger partial charge < -0.3 is 10.2 Å². The zero-order valence-corrected chi connectivity index (χ0v) is 8.36. The van der Waals surface area contributed by atoms with Gasteiger partial charge in [0.15, 0.2) is 5.75 Å². The number of phenols is 1. The van der Waals surface area contributed by atoms with Gasteiger partial charge in [-0.1, -0.05) is 0 Å². The summed E-state index contributed by atoms with van der Waals surface area (Å²) in [5.74, 6) is -1.97. The quantitative estimate of drug-likeness (QED) is 0.348. The summed E-state index contributed by atoms with van der Waals surface area (Å²) in [5, 5.41) is 28.5. The number of aldehydes is 1. The lowest BCUT2D eigenvalue weighted by atomic mass is 10.0. The Morgan fingerprint density at radius 3 is 2.53 bits per heavy atom. The maximum absolute atomic E-state index is 10.8. The van der Waals surface area contributed by atoms with E-state index in [1.54, 1.807) is 0 Å². The number of aliphatic carboxylic acids is 1. The van der Waals surface area contributed by atoms with Crippen LogP contribution in [0.15, 0.2) is 24.3 Å². The molecule has 0 amide bonds. The van der Waals surface area contributed by atoms with E-state index >= 15 is 0 Å². The van der Waals surface area contributed by atoms with E-state index in [0.29, 0.717) is 0 Å². The molecule has 88 valence electrons. The molecule has 0 saturated heterocycles. The van der Waals surface area contributed by atoms with E-state index < -0.39 is 22.3 Å². The lowest BCUT2D eigenvalue weighted by molar-refractivity contribution is -0.385. The molecule has 0 aliphatic carbocycles. The van der Waals surface area contributed by atoms with Crippen LogP contribution in [0, 0.1) is 10.1 Å². The Balaban J connectivity index is 3.37. The first kappa shape index (κ1) is 12.4. The Labute approximate surface area is 94.8 Å². The Kier molecular flexibility index (Phi) is 3.55. The number of benzene rings is 1. The van der Waals surface area contributed by atoms with Crippen LogP contribution in [0.1, 0.15) is 5.56 Å². The van der Waals surface area contributed by atoms with E-state index in [9.17, 15) is 24.8 Å². The molecule has 0 atom stereocenters. The minimum atomic E-state index is -1.39. The van der Waals surface area contributed by atoms with Gasteiger partial charge in [-0.15, -0.1) is 0 Å². The summed E-state index contributed by atoms with van der Waals surface area (Å²) >= 11 is 0. The summed E-state index contributed by atoms with van der Waals surface area (Å²) in [5.41, 5.74) is -1.04. The van der Waals surface area contributed by atoms with E-state index in [0.717, 1.165) is 18.2 Å². The average Bonchev–Trinajstić information content (AvgIpc) is 2.26. The van der Waals surface area contributed by atoms with Gasteiger partial charge in [0.2, 0.25) is 0 Å². The number of allylic oxidation sites excluding steroid dienone is 1. The van der Waals surface area contributed by atoms with Crippen LogP contribution in [0.3, 0.4) is 0 Å². The minimum absolute atomic E-state index is 0.0332. The Morgan fingerprint density at radius 2 is 2.06 bits per heavy atom. The van der Waals surface area contributed by atoms with Crippen LogP contribution in [0.5, 0.6) is 5.75 Å². The number of carboxylic acids is 1. The second-order valence-corrected chi connectivity index (χ2v) is 2.98. The fraction of sp³-hybridized carbons (Fsp3) is 0. The molecule has 0 aliphatic heterocycles. The Morgan fingerprint density at radius 1 is 1.41 bits per heavy atom. The molecule has 0 unspecified atom stereocenters. The molecule has 7 nitrogen and oxygen atoms in total. The molecular weight excluding hydrogens is 230 g/mol. The van der Waals surface area contributed by atoms with E-state index in [1.807, 2.05) is 0 Å². The molecule has 7 heteroatoms. The van der Waals surface area contributed by atoms with Crippen LogP contribution in [-0.4, -0.2) is 27.4 Å². The van der Waals surface area contributed by atoms with Crippen molar-refractivity contribution < 1.29 is 24.7 Å². The monoisotopic (exact) mass is 237 g/mol. The summed E-state index contributed by atoms with van der Waals surface area (Å²) < 4.78 is 0. The molecule has 0 radical (unpaired) electrons. The summed E-state index contributed by atoms with van der Waals surface area (Å²) in [7, 11) is 0. The molecule has 1 aromatic carbocycles. The first-order valence-corrected chi connectivity index (χ1v) is 4.34. The Hall–Kier alpha value is -2.70. The molecule has 1 aromatic rings. The third kappa shape index (κ3) is 2.65. The van der Waals surface area contributed by atoms with Gasteiger partial charge in [0.1, 0.15) is 6.29 Å². The number of phenolic OH excluding ortho intramolecular Hbond substituents is 1. The van der Waals surface area contributed by atoms with Gasteiger partial charge in [0.25, 0.3) is 0 Å². The first-order chi connectivity index (χ1) is 7.97. The minimum Gasteiger partial charge on any atom is -0.502 e. The smallest absolute Gasteiger partial charge is 0.336 e. The molecule has 1 rings (SSSR count). The number of hydrogen-bond acceptors (Lipinski definition) is 5. The predicted octanol–water partition coefficient (Wildman–Crippen LogP) is 0.967. The van der Waals surface area contributed by atoms with Crippen LogP contribution in [0.25, 0.3) is 5.57 Å². The zero-order valence-electron chi connectivity index (χ0n) is 8.36. The number of nitrogens with zero attached hydrogens (tertiary/aromatic N) is 1. The SMILES string of the molecule is O=CC=C(C(=O)O)c1ccc(O)c([N+](=O)[O-])c1. The summed E-state index contributed by atoms with van der Waals surface area (Å²) in [6.07, 6.45) is 1.04. The summed E-state index contributed by atoms with van der Waals surface area (Å²) in [6, 6.07) is 3.06. The second kappa shape index (κ2) is 4.88. The standard InChI is InChI=1S/C10H7NO6/c12-4-3-7(10(14)15)6-1-2-9(13)8(5-6)11(16)17/h1-5,13H,(H,14,15). The van der Waals surface area contributed by atoms with Gasteiger partial charge in [-0.05, 0) is 23.8 Å². The maximum atomic E-state index is 10.8. The summed E-state index contributed by atoms with van der Waals surface area (Å²) in [6.45, 7) is 0. The Bertz CT molecular complexity index is 520. The van der Waals surface area contributed by atoms with Crippen molar-refractivity contribution in [2.75, 3.05) is 0 Å². The highest BCUT2D eigenvalue weighted by Crippen LogP contribution is 2.29. The fourth-order valence-electron chi connectivity index (χ4n) is 1.20. The topological polar surface area (TPSA) is 118 Å². The maximum Gasteiger partial charge on any atom is 0.336 e. The summed E-state index contributed by atoms with van der Waals surface area (Å²) in [4.78, 5) is 30.7. The van der Waals surface area contributed by atoms with Crippen LogP contribution in [0.4, 0.5) is 5.69 Å². The zero-order chi connectivity index (χ0) is 13.0. The van der Waals surface area contributed by atoms with Crippen molar-refractivity contribution in [3.63, 3.8) is 0 Å². The molecule has 0 spiro atoms. The molecule has 0 aliphatic rings. The molecule has 0 bridgehead atoms. The predicted molar refractivity (Wildman–Crippen MR) is 56.4 cm³/mol. The first-order valence-electron chi connectivity index (χ1n) is 4.34. The van der Waals surface area contributed by atoms with Gasteiger partial charge in [0, 0.05) is 6.07 Å². The normalized spacial score (nSPS) is 10.9. The van der Waals surface area contributed by atoms with Gasteiger partial charge in [-0.25, -0.2) is 4.79 Å². The van der Waals surface area contributed by atoms with Crippen molar-refractivity contribution >= 4 is 23.5 Å². The number of nitro groups is 1. The molecule has 0 fully saturated rings. The van der Waals surface area contributed by atoms with E-state index in [-0.39, 0.29) is 17.4 Å². The average molecular weight is 237 g/mol. The highest BCUT2D eigenvalue weighted by molar-refractivity contribution is 6.18.